The minimum Gasteiger partial charge on any atom is -0.469 e. The number of hydrogen-bond acceptors (Lipinski definition) is 3. The molecule has 1 unspecified atom stereocenters. The van der Waals surface area contributed by atoms with Crippen molar-refractivity contribution in [1.29, 1.82) is 0 Å². The van der Waals surface area contributed by atoms with Gasteiger partial charge in [0.25, 0.3) is 0 Å². The Balaban J connectivity index is 2.31. The SMILES string of the molecule is COC(=O)C(C)c1c(C)nn(C2CCCCC2)c1C. The van der Waals surface area contributed by atoms with Crippen molar-refractivity contribution in [2.75, 3.05) is 7.11 Å². The van der Waals surface area contributed by atoms with Gasteiger partial charge in [0, 0.05) is 11.3 Å². The molecule has 1 heterocycles. The molecular weight excluding hydrogens is 240 g/mol. The van der Waals surface area contributed by atoms with Gasteiger partial charge >= 0.3 is 5.97 Å². The molecule has 0 bridgehead atoms. The van der Waals surface area contributed by atoms with Crippen LogP contribution in [-0.2, 0) is 9.53 Å². The summed E-state index contributed by atoms with van der Waals surface area (Å²) in [6.45, 7) is 5.96. The normalized spacial score (nSPS) is 18.3. The second-order valence-electron chi connectivity index (χ2n) is 5.57. The molecule has 4 nitrogen and oxygen atoms in total. The summed E-state index contributed by atoms with van der Waals surface area (Å²) in [7, 11) is 1.44. The molecule has 19 heavy (non-hydrogen) atoms. The highest BCUT2D eigenvalue weighted by Crippen LogP contribution is 2.32. The van der Waals surface area contributed by atoms with E-state index in [2.05, 4.69) is 16.7 Å². The first kappa shape index (κ1) is 14.1. The molecule has 1 aliphatic rings. The Morgan fingerprint density at radius 1 is 1.32 bits per heavy atom. The van der Waals surface area contributed by atoms with Gasteiger partial charge in [0.2, 0.25) is 0 Å². The summed E-state index contributed by atoms with van der Waals surface area (Å²) in [5.41, 5.74) is 3.13. The number of aryl methyl sites for hydroxylation is 1. The van der Waals surface area contributed by atoms with Gasteiger partial charge in [0.15, 0.2) is 0 Å². The standard InChI is InChI=1S/C15H24N2O2/c1-10(15(18)19-4)14-11(2)16-17(12(14)3)13-8-6-5-7-9-13/h10,13H,5-9H2,1-4H3. The van der Waals surface area contributed by atoms with Crippen molar-refractivity contribution in [2.24, 2.45) is 0 Å². The first-order valence-corrected chi connectivity index (χ1v) is 7.19. The lowest BCUT2D eigenvalue weighted by Gasteiger charge is -2.23. The van der Waals surface area contributed by atoms with E-state index in [0.29, 0.717) is 6.04 Å². The number of carbonyl (C=O) groups excluding carboxylic acids is 1. The summed E-state index contributed by atoms with van der Waals surface area (Å²) in [6, 6.07) is 0.506. The van der Waals surface area contributed by atoms with Gasteiger partial charge in [0.05, 0.1) is 24.8 Å². The van der Waals surface area contributed by atoms with Crippen molar-refractivity contribution in [2.45, 2.75) is 64.8 Å². The fraction of sp³-hybridized carbons (Fsp3) is 0.733. The van der Waals surface area contributed by atoms with Crippen molar-refractivity contribution < 1.29 is 9.53 Å². The van der Waals surface area contributed by atoms with Gasteiger partial charge in [-0.05, 0) is 33.6 Å². The van der Waals surface area contributed by atoms with Gasteiger partial charge in [-0.25, -0.2) is 0 Å². The molecule has 1 aromatic rings. The van der Waals surface area contributed by atoms with Crippen LogP contribution in [0.1, 0.15) is 67.9 Å². The number of ether oxygens (including phenoxy) is 1. The van der Waals surface area contributed by atoms with Gasteiger partial charge in [-0.15, -0.1) is 0 Å². The Morgan fingerprint density at radius 2 is 1.95 bits per heavy atom. The molecule has 2 rings (SSSR count). The van der Waals surface area contributed by atoms with Crippen LogP contribution in [0.15, 0.2) is 0 Å². The zero-order valence-corrected chi connectivity index (χ0v) is 12.4. The van der Waals surface area contributed by atoms with Crippen LogP contribution in [0.4, 0.5) is 0 Å². The van der Waals surface area contributed by atoms with Crippen LogP contribution in [-0.4, -0.2) is 22.9 Å². The monoisotopic (exact) mass is 264 g/mol. The van der Waals surface area contributed by atoms with Crippen LogP contribution in [0.2, 0.25) is 0 Å². The van der Waals surface area contributed by atoms with Crippen LogP contribution >= 0.6 is 0 Å². The third-order valence-electron chi connectivity index (χ3n) is 4.29. The van der Waals surface area contributed by atoms with E-state index < -0.39 is 0 Å². The fourth-order valence-corrected chi connectivity index (χ4v) is 3.28. The van der Waals surface area contributed by atoms with Gasteiger partial charge in [0.1, 0.15) is 0 Å². The molecule has 106 valence electrons. The van der Waals surface area contributed by atoms with Gasteiger partial charge < -0.3 is 4.74 Å². The number of methoxy groups -OCH3 is 1. The first-order valence-electron chi connectivity index (χ1n) is 7.19. The van der Waals surface area contributed by atoms with Crippen LogP contribution in [0, 0.1) is 13.8 Å². The second kappa shape index (κ2) is 5.76. The van der Waals surface area contributed by atoms with Crippen LogP contribution in [0.3, 0.4) is 0 Å². The summed E-state index contributed by atoms with van der Waals surface area (Å²) in [6.07, 6.45) is 6.30. The second-order valence-corrected chi connectivity index (χ2v) is 5.57. The summed E-state index contributed by atoms with van der Waals surface area (Å²) in [4.78, 5) is 11.7. The lowest BCUT2D eigenvalue weighted by Crippen LogP contribution is -2.16. The van der Waals surface area contributed by atoms with E-state index in [4.69, 9.17) is 4.74 Å². The third kappa shape index (κ3) is 2.67. The lowest BCUT2D eigenvalue weighted by atomic mass is 9.94. The zero-order valence-electron chi connectivity index (χ0n) is 12.4. The van der Waals surface area contributed by atoms with Crippen LogP contribution in [0.25, 0.3) is 0 Å². The van der Waals surface area contributed by atoms with Gasteiger partial charge in [-0.2, -0.15) is 5.10 Å². The lowest BCUT2D eigenvalue weighted by molar-refractivity contribution is -0.142. The van der Waals surface area contributed by atoms with E-state index >= 15 is 0 Å². The topological polar surface area (TPSA) is 44.1 Å². The van der Waals surface area contributed by atoms with Crippen molar-refractivity contribution >= 4 is 5.97 Å². The number of esters is 1. The predicted molar refractivity (Wildman–Crippen MR) is 74.3 cm³/mol. The van der Waals surface area contributed by atoms with E-state index in [1.807, 2.05) is 13.8 Å². The first-order chi connectivity index (χ1) is 9.06. The highest BCUT2D eigenvalue weighted by molar-refractivity contribution is 5.78. The number of carbonyl (C=O) groups is 1. The molecule has 0 saturated heterocycles. The summed E-state index contributed by atoms with van der Waals surface area (Å²) >= 11 is 0. The highest BCUT2D eigenvalue weighted by atomic mass is 16.5. The minimum absolute atomic E-state index is 0.186. The average molecular weight is 264 g/mol. The van der Waals surface area contributed by atoms with Crippen LogP contribution in [0.5, 0.6) is 0 Å². The number of rotatable bonds is 3. The van der Waals surface area contributed by atoms with Crippen molar-refractivity contribution in [3.63, 3.8) is 0 Å². The van der Waals surface area contributed by atoms with E-state index in [1.165, 1.54) is 39.2 Å². The van der Waals surface area contributed by atoms with E-state index in [0.717, 1.165) is 17.0 Å². The summed E-state index contributed by atoms with van der Waals surface area (Å²) < 4.78 is 7.00. The van der Waals surface area contributed by atoms with E-state index in [1.54, 1.807) is 0 Å². The third-order valence-corrected chi connectivity index (χ3v) is 4.29. The molecule has 1 saturated carbocycles. The molecule has 1 fully saturated rings. The quantitative estimate of drug-likeness (QED) is 0.787. The molecule has 0 N–H and O–H groups in total. The van der Waals surface area contributed by atoms with Crippen molar-refractivity contribution in [1.82, 2.24) is 9.78 Å². The Bertz CT molecular complexity index is 459. The van der Waals surface area contributed by atoms with Gasteiger partial charge in [-0.1, -0.05) is 19.3 Å². The Morgan fingerprint density at radius 3 is 2.53 bits per heavy atom. The number of hydrogen-bond donors (Lipinski definition) is 0. The van der Waals surface area contributed by atoms with Gasteiger partial charge in [-0.3, -0.25) is 9.48 Å². The maximum absolute atomic E-state index is 11.7. The Kier molecular flexibility index (Phi) is 4.27. The summed E-state index contributed by atoms with van der Waals surface area (Å²) in [5.74, 6) is -0.420. The molecule has 0 spiro atoms. The molecule has 4 heteroatoms. The van der Waals surface area contributed by atoms with Crippen LogP contribution < -0.4 is 0 Å². The molecular formula is C15H24N2O2. The highest BCUT2D eigenvalue weighted by Gasteiger charge is 2.26. The fourth-order valence-electron chi connectivity index (χ4n) is 3.28. The number of aromatic nitrogens is 2. The molecule has 0 amide bonds. The molecule has 1 atom stereocenters. The minimum atomic E-state index is -0.234. The molecule has 1 aliphatic carbocycles. The molecule has 0 aromatic carbocycles. The molecule has 1 aromatic heterocycles. The number of nitrogens with zero attached hydrogens (tertiary/aromatic N) is 2. The van der Waals surface area contributed by atoms with E-state index in [-0.39, 0.29) is 11.9 Å². The van der Waals surface area contributed by atoms with Crippen molar-refractivity contribution in [3.05, 3.63) is 17.0 Å². The molecule has 0 aliphatic heterocycles. The van der Waals surface area contributed by atoms with E-state index in [9.17, 15) is 4.79 Å². The maximum atomic E-state index is 11.7. The average Bonchev–Trinajstić information content (AvgIpc) is 2.73. The summed E-state index contributed by atoms with van der Waals surface area (Å²) in [5, 5.41) is 4.68. The smallest absolute Gasteiger partial charge is 0.312 e. The zero-order chi connectivity index (χ0) is 14.0. The van der Waals surface area contributed by atoms with Crippen molar-refractivity contribution in [3.8, 4) is 0 Å². The largest absolute Gasteiger partial charge is 0.469 e. The Hall–Kier alpha value is -1.32. The maximum Gasteiger partial charge on any atom is 0.312 e. The predicted octanol–water partition coefficient (Wildman–Crippen LogP) is 3.28. The molecule has 0 radical (unpaired) electrons. The Labute approximate surface area is 115 Å².